The molecule has 1 N–H and O–H groups in total. The van der Waals surface area contributed by atoms with Gasteiger partial charge in [-0.3, -0.25) is 14.6 Å². The average molecular weight is 331 g/mol. The van der Waals surface area contributed by atoms with Gasteiger partial charge in [-0.2, -0.15) is 0 Å². The molecule has 0 spiro atoms. The number of halogens is 2. The summed E-state index contributed by atoms with van der Waals surface area (Å²) in [6, 6.07) is 6.63. The Morgan fingerprint density at radius 3 is 2.50 bits per heavy atom. The number of benzene rings is 1. The van der Waals surface area contributed by atoms with E-state index in [1.807, 2.05) is 0 Å². The summed E-state index contributed by atoms with van der Waals surface area (Å²) in [7, 11) is 0. The molecule has 0 radical (unpaired) electrons. The Balaban J connectivity index is 1.50. The van der Waals surface area contributed by atoms with E-state index in [0.717, 1.165) is 17.7 Å². The quantitative estimate of drug-likeness (QED) is 0.928. The fraction of sp³-hybridized carbons (Fsp3) is 0.235. The molecule has 0 aliphatic carbocycles. The zero-order valence-corrected chi connectivity index (χ0v) is 12.7. The molecule has 2 aromatic rings. The molecule has 0 saturated carbocycles. The maximum atomic E-state index is 13.2. The van der Waals surface area contributed by atoms with Crippen LogP contribution in [0.2, 0.25) is 0 Å². The molecular formula is C17H15F2N3O2. The normalized spacial score (nSPS) is 14.2. The molecule has 7 heteroatoms. The highest BCUT2D eigenvalue weighted by atomic mass is 19.2. The van der Waals surface area contributed by atoms with Gasteiger partial charge in [-0.25, -0.2) is 8.78 Å². The summed E-state index contributed by atoms with van der Waals surface area (Å²) in [6.07, 6.45) is 3.29. The van der Waals surface area contributed by atoms with Crippen molar-refractivity contribution >= 4 is 11.8 Å². The van der Waals surface area contributed by atoms with Crippen LogP contribution in [0.5, 0.6) is 0 Å². The summed E-state index contributed by atoms with van der Waals surface area (Å²) < 4.78 is 26.1. The molecule has 0 atom stereocenters. The van der Waals surface area contributed by atoms with Gasteiger partial charge in [0.1, 0.15) is 0 Å². The largest absolute Gasteiger partial charge is 0.352 e. The molecule has 5 nitrogen and oxygen atoms in total. The van der Waals surface area contributed by atoms with Crippen molar-refractivity contribution < 1.29 is 18.4 Å². The fourth-order valence-corrected chi connectivity index (χ4v) is 2.46. The van der Waals surface area contributed by atoms with Crippen molar-refractivity contribution in [3.05, 3.63) is 65.5 Å². The van der Waals surface area contributed by atoms with Crippen LogP contribution in [-0.2, 0) is 11.3 Å². The molecule has 1 fully saturated rings. The van der Waals surface area contributed by atoms with Crippen molar-refractivity contribution in [1.82, 2.24) is 15.2 Å². The molecule has 1 aromatic carbocycles. The van der Waals surface area contributed by atoms with Crippen molar-refractivity contribution in [2.24, 2.45) is 5.92 Å². The van der Waals surface area contributed by atoms with E-state index in [9.17, 15) is 18.4 Å². The predicted molar refractivity (Wildman–Crippen MR) is 81.8 cm³/mol. The third-order valence-corrected chi connectivity index (χ3v) is 3.92. The second kappa shape index (κ2) is 6.74. The topological polar surface area (TPSA) is 62.3 Å². The number of likely N-dealkylation sites (tertiary alicyclic amines) is 1. The summed E-state index contributed by atoms with van der Waals surface area (Å²) in [5.41, 5.74) is 1.01. The van der Waals surface area contributed by atoms with Gasteiger partial charge in [0.05, 0.1) is 5.92 Å². The number of carbonyl (C=O) groups excluding carboxylic acids is 2. The summed E-state index contributed by atoms with van der Waals surface area (Å²) in [5, 5.41) is 2.80. The average Bonchev–Trinajstić information content (AvgIpc) is 2.55. The minimum Gasteiger partial charge on any atom is -0.352 e. The van der Waals surface area contributed by atoms with Gasteiger partial charge in [0, 0.05) is 37.6 Å². The molecule has 1 saturated heterocycles. The number of nitrogens with zero attached hydrogens (tertiary/aromatic N) is 2. The van der Waals surface area contributed by atoms with Crippen LogP contribution in [0.4, 0.5) is 8.78 Å². The highest BCUT2D eigenvalue weighted by Gasteiger charge is 2.36. The Bertz CT molecular complexity index is 762. The first kappa shape index (κ1) is 16.0. The molecule has 1 aromatic heterocycles. The van der Waals surface area contributed by atoms with Crippen LogP contribution in [0.15, 0.2) is 42.7 Å². The lowest BCUT2D eigenvalue weighted by Crippen LogP contribution is -2.55. The fourth-order valence-electron chi connectivity index (χ4n) is 2.46. The van der Waals surface area contributed by atoms with E-state index >= 15 is 0 Å². The van der Waals surface area contributed by atoms with Gasteiger partial charge in [-0.1, -0.05) is 0 Å². The molecule has 2 heterocycles. The number of hydrogen-bond donors (Lipinski definition) is 1. The Morgan fingerprint density at radius 2 is 1.83 bits per heavy atom. The van der Waals surface area contributed by atoms with Crippen LogP contribution < -0.4 is 5.32 Å². The molecule has 1 aliphatic rings. The number of rotatable bonds is 4. The molecule has 0 unspecified atom stereocenters. The monoisotopic (exact) mass is 331 g/mol. The number of pyridine rings is 1. The maximum Gasteiger partial charge on any atom is 0.254 e. The van der Waals surface area contributed by atoms with Gasteiger partial charge < -0.3 is 10.2 Å². The smallest absolute Gasteiger partial charge is 0.254 e. The SMILES string of the molecule is O=C(NCc1ccncc1)C1CN(C(=O)c2ccc(F)c(F)c2)C1. The van der Waals surface area contributed by atoms with Crippen molar-refractivity contribution in [2.45, 2.75) is 6.54 Å². The molecule has 3 rings (SSSR count). The first-order chi connectivity index (χ1) is 11.5. The number of aromatic nitrogens is 1. The van der Waals surface area contributed by atoms with Crippen LogP contribution in [0, 0.1) is 17.6 Å². The van der Waals surface area contributed by atoms with Gasteiger partial charge in [-0.15, -0.1) is 0 Å². The zero-order chi connectivity index (χ0) is 17.1. The molecule has 1 aliphatic heterocycles. The van der Waals surface area contributed by atoms with Crippen LogP contribution in [-0.4, -0.2) is 34.8 Å². The van der Waals surface area contributed by atoms with E-state index < -0.39 is 17.5 Å². The van der Waals surface area contributed by atoms with Gasteiger partial charge >= 0.3 is 0 Å². The second-order valence-corrected chi connectivity index (χ2v) is 5.61. The number of amides is 2. The van der Waals surface area contributed by atoms with Crippen LogP contribution >= 0.6 is 0 Å². The van der Waals surface area contributed by atoms with Crippen molar-refractivity contribution in [3.8, 4) is 0 Å². The number of hydrogen-bond acceptors (Lipinski definition) is 3. The first-order valence-corrected chi connectivity index (χ1v) is 7.45. The van der Waals surface area contributed by atoms with Crippen molar-refractivity contribution in [2.75, 3.05) is 13.1 Å². The third-order valence-electron chi connectivity index (χ3n) is 3.92. The lowest BCUT2D eigenvalue weighted by molar-refractivity contribution is -0.129. The number of carbonyl (C=O) groups is 2. The van der Waals surface area contributed by atoms with Gasteiger partial charge in [0.15, 0.2) is 11.6 Å². The van der Waals surface area contributed by atoms with E-state index in [1.54, 1.807) is 24.5 Å². The maximum absolute atomic E-state index is 13.2. The summed E-state index contributed by atoms with van der Waals surface area (Å²) in [4.78, 5) is 29.5. The summed E-state index contributed by atoms with van der Waals surface area (Å²) in [6.45, 7) is 0.926. The Kier molecular flexibility index (Phi) is 4.50. The summed E-state index contributed by atoms with van der Waals surface area (Å²) >= 11 is 0. The van der Waals surface area contributed by atoms with E-state index in [-0.39, 0.29) is 30.5 Å². The van der Waals surface area contributed by atoms with Gasteiger partial charge in [-0.05, 0) is 35.9 Å². The lowest BCUT2D eigenvalue weighted by atomic mass is 9.97. The minimum absolute atomic E-state index is 0.0737. The van der Waals surface area contributed by atoms with E-state index in [1.165, 1.54) is 11.0 Å². The zero-order valence-electron chi connectivity index (χ0n) is 12.7. The van der Waals surface area contributed by atoms with E-state index in [4.69, 9.17) is 0 Å². The third kappa shape index (κ3) is 3.40. The standard InChI is InChI=1S/C17H15F2N3O2/c18-14-2-1-12(7-15(14)19)17(24)22-9-13(10-22)16(23)21-8-11-3-5-20-6-4-11/h1-7,13H,8-10H2,(H,21,23). The molecule has 0 bridgehead atoms. The van der Waals surface area contributed by atoms with Crippen LogP contribution in [0.3, 0.4) is 0 Å². The Hall–Kier alpha value is -2.83. The van der Waals surface area contributed by atoms with Crippen molar-refractivity contribution in [1.29, 1.82) is 0 Å². The van der Waals surface area contributed by atoms with E-state index in [2.05, 4.69) is 10.3 Å². The Morgan fingerprint density at radius 1 is 1.12 bits per heavy atom. The predicted octanol–water partition coefficient (Wildman–Crippen LogP) is 1.75. The second-order valence-electron chi connectivity index (χ2n) is 5.61. The van der Waals surface area contributed by atoms with Crippen LogP contribution in [0.1, 0.15) is 15.9 Å². The highest BCUT2D eigenvalue weighted by molar-refractivity contribution is 5.96. The lowest BCUT2D eigenvalue weighted by Gasteiger charge is -2.38. The van der Waals surface area contributed by atoms with Crippen LogP contribution in [0.25, 0.3) is 0 Å². The number of nitrogens with one attached hydrogen (secondary N) is 1. The molecule has 124 valence electrons. The molecular weight excluding hydrogens is 316 g/mol. The molecule has 24 heavy (non-hydrogen) atoms. The van der Waals surface area contributed by atoms with E-state index in [0.29, 0.717) is 6.54 Å². The minimum atomic E-state index is -1.06. The van der Waals surface area contributed by atoms with Gasteiger partial charge in [0.2, 0.25) is 5.91 Å². The Labute approximate surface area is 137 Å². The van der Waals surface area contributed by atoms with Gasteiger partial charge in [0.25, 0.3) is 5.91 Å². The van der Waals surface area contributed by atoms with Crippen molar-refractivity contribution in [3.63, 3.8) is 0 Å². The first-order valence-electron chi connectivity index (χ1n) is 7.45. The highest BCUT2D eigenvalue weighted by Crippen LogP contribution is 2.20. The summed E-state index contributed by atoms with van der Waals surface area (Å²) in [5.74, 6) is -2.90. The molecule has 2 amide bonds.